The number of hydrogen-bond donors (Lipinski definition) is 1. The van der Waals surface area contributed by atoms with Gasteiger partial charge in [0.1, 0.15) is 0 Å². The highest BCUT2D eigenvalue weighted by Gasteiger charge is 2.11. The van der Waals surface area contributed by atoms with Crippen molar-refractivity contribution in [3.05, 3.63) is 24.0 Å². The Morgan fingerprint density at radius 2 is 2.27 bits per heavy atom. The molecule has 0 aliphatic rings. The summed E-state index contributed by atoms with van der Waals surface area (Å²) >= 11 is 3.50. The lowest BCUT2D eigenvalue weighted by Gasteiger charge is -2.14. The van der Waals surface area contributed by atoms with E-state index in [0.717, 1.165) is 0 Å². The maximum atomic E-state index is 11.6. The summed E-state index contributed by atoms with van der Waals surface area (Å²) in [6.07, 6.45) is 2.96. The molecule has 1 rings (SSSR count). The van der Waals surface area contributed by atoms with Gasteiger partial charge in [-0.25, -0.2) is 0 Å². The smallest absolute Gasteiger partial charge is 0.253 e. The molecule has 0 aliphatic carbocycles. The Bertz CT molecular complexity index is 316. The van der Waals surface area contributed by atoms with Gasteiger partial charge in [0.05, 0.1) is 18.0 Å². The first-order valence-corrected chi connectivity index (χ1v) is 5.71. The first kappa shape index (κ1) is 12.1. The molecule has 0 radical (unpaired) electrons. The van der Waals surface area contributed by atoms with E-state index in [1.54, 1.807) is 6.07 Å². The second-order valence-corrected chi connectivity index (χ2v) is 4.78. The van der Waals surface area contributed by atoms with Crippen LogP contribution in [-0.4, -0.2) is 27.5 Å². The number of aromatic nitrogens is 2. The van der Waals surface area contributed by atoms with E-state index < -0.39 is 0 Å². The van der Waals surface area contributed by atoms with Crippen LogP contribution in [0.15, 0.2) is 18.5 Å². The van der Waals surface area contributed by atoms with E-state index in [1.165, 1.54) is 12.4 Å². The Hall–Kier alpha value is -0.970. The SMILES string of the molecule is CC(C)C(Br)CNC(=O)c1ccnnc1. The highest BCUT2D eigenvalue weighted by atomic mass is 79.9. The molecule has 0 aromatic carbocycles. The molecule has 0 bridgehead atoms. The molecule has 82 valence electrons. The Balaban J connectivity index is 2.44. The van der Waals surface area contributed by atoms with Crippen molar-refractivity contribution >= 4 is 21.8 Å². The van der Waals surface area contributed by atoms with Crippen molar-refractivity contribution < 1.29 is 4.79 Å². The minimum absolute atomic E-state index is 0.116. The van der Waals surface area contributed by atoms with Crippen LogP contribution in [0, 0.1) is 5.92 Å². The van der Waals surface area contributed by atoms with Crippen LogP contribution in [0.1, 0.15) is 24.2 Å². The first-order valence-electron chi connectivity index (χ1n) is 4.80. The average Bonchev–Trinajstić information content (AvgIpc) is 2.26. The summed E-state index contributed by atoms with van der Waals surface area (Å²) in [5.74, 6) is 0.371. The molecule has 15 heavy (non-hydrogen) atoms. The number of hydrogen-bond acceptors (Lipinski definition) is 3. The maximum absolute atomic E-state index is 11.6. The summed E-state index contributed by atoms with van der Waals surface area (Å²) in [5.41, 5.74) is 0.536. The summed E-state index contributed by atoms with van der Waals surface area (Å²) < 4.78 is 0. The van der Waals surface area contributed by atoms with E-state index in [4.69, 9.17) is 0 Å². The van der Waals surface area contributed by atoms with Crippen molar-refractivity contribution in [1.82, 2.24) is 15.5 Å². The zero-order valence-corrected chi connectivity index (χ0v) is 10.4. The van der Waals surface area contributed by atoms with Crippen LogP contribution in [0.5, 0.6) is 0 Å². The molecule has 4 nitrogen and oxygen atoms in total. The third-order valence-electron chi connectivity index (χ3n) is 2.03. The molecule has 1 N–H and O–H groups in total. The molecule has 0 saturated carbocycles. The van der Waals surface area contributed by atoms with E-state index in [-0.39, 0.29) is 10.7 Å². The fourth-order valence-electron chi connectivity index (χ4n) is 0.953. The van der Waals surface area contributed by atoms with Gasteiger partial charge in [-0.3, -0.25) is 4.79 Å². The summed E-state index contributed by atoms with van der Waals surface area (Å²) in [7, 11) is 0. The molecule has 1 aromatic rings. The Morgan fingerprint density at radius 1 is 1.53 bits per heavy atom. The topological polar surface area (TPSA) is 54.9 Å². The fourth-order valence-corrected chi connectivity index (χ4v) is 1.11. The molecular weight excluding hydrogens is 258 g/mol. The van der Waals surface area contributed by atoms with Gasteiger partial charge >= 0.3 is 0 Å². The molecule has 1 atom stereocenters. The van der Waals surface area contributed by atoms with E-state index in [2.05, 4.69) is 45.3 Å². The predicted octanol–water partition coefficient (Wildman–Crippen LogP) is 1.63. The molecule has 0 fully saturated rings. The zero-order chi connectivity index (χ0) is 11.3. The van der Waals surface area contributed by atoms with E-state index >= 15 is 0 Å². The molecule has 5 heteroatoms. The van der Waals surface area contributed by atoms with Crippen LogP contribution in [0.4, 0.5) is 0 Å². The number of rotatable bonds is 4. The van der Waals surface area contributed by atoms with Crippen LogP contribution >= 0.6 is 15.9 Å². The van der Waals surface area contributed by atoms with Gasteiger partial charge in [-0.1, -0.05) is 29.8 Å². The second-order valence-electron chi connectivity index (χ2n) is 3.60. The molecule has 0 aliphatic heterocycles. The molecule has 1 heterocycles. The van der Waals surface area contributed by atoms with Crippen LogP contribution in [0.2, 0.25) is 0 Å². The van der Waals surface area contributed by atoms with Crippen molar-refractivity contribution in [3.63, 3.8) is 0 Å². The second kappa shape index (κ2) is 5.80. The van der Waals surface area contributed by atoms with Crippen molar-refractivity contribution in [3.8, 4) is 0 Å². The summed E-state index contributed by atoms with van der Waals surface area (Å²) in [5, 5.41) is 10.1. The summed E-state index contributed by atoms with van der Waals surface area (Å²) in [6, 6.07) is 1.64. The van der Waals surface area contributed by atoms with E-state index in [0.29, 0.717) is 18.0 Å². The minimum Gasteiger partial charge on any atom is -0.351 e. The minimum atomic E-state index is -0.116. The molecule has 1 amide bonds. The van der Waals surface area contributed by atoms with Gasteiger partial charge in [0, 0.05) is 11.4 Å². The van der Waals surface area contributed by atoms with E-state index in [1.807, 2.05) is 0 Å². The molecule has 0 saturated heterocycles. The van der Waals surface area contributed by atoms with Crippen molar-refractivity contribution in [1.29, 1.82) is 0 Å². The third kappa shape index (κ3) is 3.95. The fraction of sp³-hybridized carbons (Fsp3) is 0.500. The molecule has 1 unspecified atom stereocenters. The standard InChI is InChI=1S/C10H14BrN3O/c1-7(2)9(11)6-12-10(15)8-3-4-13-14-5-8/h3-5,7,9H,6H2,1-2H3,(H,12,15). The molecule has 0 spiro atoms. The number of alkyl halides is 1. The Morgan fingerprint density at radius 3 is 2.80 bits per heavy atom. The number of nitrogens with zero attached hydrogens (tertiary/aromatic N) is 2. The largest absolute Gasteiger partial charge is 0.351 e. The number of carbonyl (C=O) groups excluding carboxylic acids is 1. The Kier molecular flexibility index (Phi) is 4.68. The monoisotopic (exact) mass is 271 g/mol. The van der Waals surface area contributed by atoms with Gasteiger partial charge in [-0.2, -0.15) is 10.2 Å². The summed E-state index contributed by atoms with van der Waals surface area (Å²) in [6.45, 7) is 4.80. The van der Waals surface area contributed by atoms with Crippen molar-refractivity contribution in [2.75, 3.05) is 6.54 Å². The van der Waals surface area contributed by atoms with Crippen molar-refractivity contribution in [2.45, 2.75) is 18.7 Å². The normalized spacial score (nSPS) is 12.5. The van der Waals surface area contributed by atoms with Gasteiger partial charge in [-0.15, -0.1) is 0 Å². The zero-order valence-electron chi connectivity index (χ0n) is 8.77. The predicted molar refractivity (Wildman–Crippen MR) is 61.9 cm³/mol. The van der Waals surface area contributed by atoms with Crippen LogP contribution in [-0.2, 0) is 0 Å². The van der Waals surface area contributed by atoms with Gasteiger partial charge < -0.3 is 5.32 Å². The van der Waals surface area contributed by atoms with Gasteiger partial charge in [0.25, 0.3) is 5.91 Å². The maximum Gasteiger partial charge on any atom is 0.253 e. The van der Waals surface area contributed by atoms with Crippen LogP contribution < -0.4 is 5.32 Å². The number of halogens is 1. The first-order chi connectivity index (χ1) is 7.11. The highest BCUT2D eigenvalue weighted by Crippen LogP contribution is 2.10. The van der Waals surface area contributed by atoms with Crippen LogP contribution in [0.25, 0.3) is 0 Å². The molecule has 1 aromatic heterocycles. The summed E-state index contributed by atoms with van der Waals surface area (Å²) in [4.78, 5) is 11.9. The van der Waals surface area contributed by atoms with Crippen molar-refractivity contribution in [2.24, 2.45) is 5.92 Å². The molecular formula is C10H14BrN3O. The van der Waals surface area contributed by atoms with Gasteiger partial charge in [-0.05, 0) is 12.0 Å². The van der Waals surface area contributed by atoms with E-state index in [9.17, 15) is 4.79 Å². The Labute approximate surface area is 97.6 Å². The lowest BCUT2D eigenvalue weighted by atomic mass is 10.1. The average molecular weight is 272 g/mol. The lowest BCUT2D eigenvalue weighted by molar-refractivity contribution is 0.0952. The van der Waals surface area contributed by atoms with Crippen LogP contribution in [0.3, 0.4) is 0 Å². The quantitative estimate of drug-likeness (QED) is 0.847. The lowest BCUT2D eigenvalue weighted by Crippen LogP contribution is -2.31. The third-order valence-corrected chi connectivity index (χ3v) is 3.41. The number of amides is 1. The number of nitrogens with one attached hydrogen (secondary N) is 1. The highest BCUT2D eigenvalue weighted by molar-refractivity contribution is 9.09. The van der Waals surface area contributed by atoms with Gasteiger partial charge in [0.2, 0.25) is 0 Å². The van der Waals surface area contributed by atoms with Gasteiger partial charge in [0.15, 0.2) is 0 Å². The number of carbonyl (C=O) groups is 1.